The van der Waals surface area contributed by atoms with Crippen LogP contribution < -0.4 is 10.2 Å². The second-order valence-electron chi connectivity index (χ2n) is 7.45. The number of para-hydroxylation sites is 1. The highest BCUT2D eigenvalue weighted by Crippen LogP contribution is 2.50. The number of nitrogens with one attached hydrogen (secondary N) is 2. The molecular formula is C19H16BrN3O2. The van der Waals surface area contributed by atoms with Crippen LogP contribution in [0.3, 0.4) is 0 Å². The van der Waals surface area contributed by atoms with Crippen molar-refractivity contribution in [3.8, 4) is 0 Å². The molecule has 0 radical (unpaired) electrons. The number of H-pyrrole nitrogens is 1. The van der Waals surface area contributed by atoms with E-state index in [1.54, 1.807) is 4.90 Å². The molecule has 0 saturated carbocycles. The third-order valence-corrected chi connectivity index (χ3v) is 5.96. The zero-order chi connectivity index (χ0) is 17.5. The Morgan fingerprint density at radius 2 is 2.04 bits per heavy atom. The van der Waals surface area contributed by atoms with Crippen molar-refractivity contribution >= 4 is 60.9 Å². The Morgan fingerprint density at radius 3 is 2.84 bits per heavy atom. The molecule has 5 nitrogen and oxygen atoms in total. The van der Waals surface area contributed by atoms with Gasteiger partial charge in [-0.1, -0.05) is 26.0 Å². The highest BCUT2D eigenvalue weighted by molar-refractivity contribution is 9.10. The molecule has 0 bridgehead atoms. The number of amides is 2. The number of hydrogen-bond acceptors (Lipinski definition) is 2. The van der Waals surface area contributed by atoms with E-state index in [0.29, 0.717) is 6.42 Å². The van der Waals surface area contributed by atoms with Crippen LogP contribution in [0.25, 0.3) is 21.8 Å². The lowest BCUT2D eigenvalue weighted by Crippen LogP contribution is -2.48. The number of nitrogens with zero attached hydrogens (tertiary/aromatic N) is 1. The Morgan fingerprint density at radius 1 is 1.24 bits per heavy atom. The number of rotatable bonds is 0. The number of aromatic amines is 1. The highest BCUT2D eigenvalue weighted by atomic mass is 79.9. The van der Waals surface area contributed by atoms with Gasteiger partial charge in [-0.25, -0.2) is 0 Å². The van der Waals surface area contributed by atoms with Gasteiger partial charge >= 0.3 is 0 Å². The lowest BCUT2D eigenvalue weighted by atomic mass is 9.76. The van der Waals surface area contributed by atoms with Crippen LogP contribution >= 0.6 is 15.9 Å². The monoisotopic (exact) mass is 397 g/mol. The molecule has 2 N–H and O–H groups in total. The highest BCUT2D eigenvalue weighted by Gasteiger charge is 2.42. The molecule has 0 atom stereocenters. The van der Waals surface area contributed by atoms with E-state index in [-0.39, 0.29) is 23.8 Å². The minimum atomic E-state index is -0.275. The van der Waals surface area contributed by atoms with E-state index < -0.39 is 0 Å². The van der Waals surface area contributed by atoms with Crippen molar-refractivity contribution < 1.29 is 9.59 Å². The van der Waals surface area contributed by atoms with Crippen LogP contribution in [0, 0.1) is 0 Å². The molecule has 0 unspecified atom stereocenters. The van der Waals surface area contributed by atoms with E-state index in [4.69, 9.17) is 0 Å². The fourth-order valence-electron chi connectivity index (χ4n) is 4.15. The molecule has 2 amide bonds. The topological polar surface area (TPSA) is 65.2 Å². The number of hydrogen-bond donors (Lipinski definition) is 2. The van der Waals surface area contributed by atoms with Gasteiger partial charge in [-0.2, -0.15) is 0 Å². The fourth-order valence-corrected chi connectivity index (χ4v) is 4.61. The first-order valence-electron chi connectivity index (χ1n) is 8.24. The third-order valence-electron chi connectivity index (χ3n) is 5.30. The molecule has 1 aromatic heterocycles. The number of carbonyl (C=O) groups is 2. The van der Waals surface area contributed by atoms with E-state index in [1.807, 2.05) is 18.2 Å². The summed E-state index contributed by atoms with van der Waals surface area (Å²) in [6, 6.07) is 8.13. The van der Waals surface area contributed by atoms with Crippen LogP contribution in [-0.4, -0.2) is 23.3 Å². The molecule has 6 heteroatoms. The summed E-state index contributed by atoms with van der Waals surface area (Å²) >= 11 is 3.59. The van der Waals surface area contributed by atoms with Crippen molar-refractivity contribution in [3.63, 3.8) is 0 Å². The Bertz CT molecular complexity index is 1110. The Kier molecular flexibility index (Phi) is 2.77. The maximum atomic E-state index is 12.7. The minimum Gasteiger partial charge on any atom is -0.354 e. The zero-order valence-corrected chi connectivity index (χ0v) is 15.5. The predicted molar refractivity (Wildman–Crippen MR) is 102 cm³/mol. The average molecular weight is 398 g/mol. The summed E-state index contributed by atoms with van der Waals surface area (Å²) in [5.74, 6) is -0.141. The minimum absolute atomic E-state index is 0.00831. The van der Waals surface area contributed by atoms with Crippen molar-refractivity contribution in [2.45, 2.75) is 25.7 Å². The SMILES string of the molecule is CC1(C)CC(=O)N2CC(=O)Nc3c2c1cc1[nH]c2c(Br)cccc2c31. The standard InChI is InChI=1S/C19H16BrN3O2/c1-19(2)7-14(25)23-8-13(24)22-17-15-9-4-3-5-11(20)16(9)21-12(15)6-10(19)18(17)23/h3-6,21H,7-8H2,1-2H3,(H,22,24). The summed E-state index contributed by atoms with van der Waals surface area (Å²) in [6.45, 7) is 4.25. The average Bonchev–Trinajstić information content (AvgIpc) is 2.92. The van der Waals surface area contributed by atoms with Crippen LogP contribution in [-0.2, 0) is 15.0 Å². The molecular weight excluding hydrogens is 382 g/mol. The van der Waals surface area contributed by atoms with Gasteiger partial charge in [-0.15, -0.1) is 0 Å². The Balaban J connectivity index is 2.00. The molecule has 0 fully saturated rings. The first kappa shape index (κ1) is 15.0. The first-order valence-corrected chi connectivity index (χ1v) is 9.04. The number of halogens is 1. The lowest BCUT2D eigenvalue weighted by Gasteiger charge is -2.41. The van der Waals surface area contributed by atoms with Crippen molar-refractivity contribution in [2.75, 3.05) is 16.8 Å². The van der Waals surface area contributed by atoms with Gasteiger partial charge in [0, 0.05) is 32.6 Å². The molecule has 2 aliphatic rings. The molecule has 5 rings (SSSR count). The number of fused-ring (bicyclic) bond motifs is 4. The van der Waals surface area contributed by atoms with E-state index in [2.05, 4.69) is 46.1 Å². The molecule has 2 aromatic carbocycles. The second kappa shape index (κ2) is 4.64. The summed E-state index contributed by atoms with van der Waals surface area (Å²) in [4.78, 5) is 30.1. The van der Waals surface area contributed by atoms with Crippen molar-refractivity contribution in [1.29, 1.82) is 0 Å². The van der Waals surface area contributed by atoms with Crippen LogP contribution in [0.4, 0.5) is 11.4 Å². The molecule has 3 aromatic rings. The Labute approximate surface area is 152 Å². The van der Waals surface area contributed by atoms with Gasteiger partial charge in [0.2, 0.25) is 11.8 Å². The second-order valence-corrected chi connectivity index (χ2v) is 8.30. The normalized spacial score (nSPS) is 18.6. The summed E-state index contributed by atoms with van der Waals surface area (Å²) in [6.07, 6.45) is 0.405. The van der Waals surface area contributed by atoms with E-state index >= 15 is 0 Å². The van der Waals surface area contributed by atoms with Gasteiger partial charge in [0.25, 0.3) is 0 Å². The molecule has 0 aliphatic carbocycles. The van der Waals surface area contributed by atoms with Crippen LogP contribution in [0.5, 0.6) is 0 Å². The number of aromatic nitrogens is 1. The number of benzene rings is 2. The predicted octanol–water partition coefficient (Wildman–Crippen LogP) is 4.05. The summed E-state index contributed by atoms with van der Waals surface area (Å²) in [5.41, 5.74) is 4.38. The van der Waals surface area contributed by atoms with Crippen molar-refractivity contribution in [1.82, 2.24) is 4.98 Å². The fraction of sp³-hybridized carbons (Fsp3) is 0.263. The largest absolute Gasteiger partial charge is 0.354 e. The molecule has 126 valence electrons. The third kappa shape index (κ3) is 1.88. The Hall–Kier alpha value is -2.34. The zero-order valence-electron chi connectivity index (χ0n) is 13.9. The molecule has 3 heterocycles. The smallest absolute Gasteiger partial charge is 0.244 e. The maximum absolute atomic E-state index is 12.7. The van der Waals surface area contributed by atoms with Crippen LogP contribution in [0.15, 0.2) is 28.7 Å². The maximum Gasteiger partial charge on any atom is 0.244 e. The summed E-state index contributed by atoms with van der Waals surface area (Å²) in [5, 5.41) is 5.01. The molecule has 0 saturated heterocycles. The van der Waals surface area contributed by atoms with Gasteiger partial charge < -0.3 is 15.2 Å². The van der Waals surface area contributed by atoms with Gasteiger partial charge in [0.15, 0.2) is 0 Å². The van der Waals surface area contributed by atoms with E-state index in [9.17, 15) is 9.59 Å². The summed E-state index contributed by atoms with van der Waals surface area (Å²) < 4.78 is 0.973. The van der Waals surface area contributed by atoms with Crippen LogP contribution in [0.2, 0.25) is 0 Å². The molecule has 25 heavy (non-hydrogen) atoms. The van der Waals surface area contributed by atoms with Gasteiger partial charge in [-0.3, -0.25) is 9.59 Å². The number of carbonyl (C=O) groups excluding carboxylic acids is 2. The van der Waals surface area contributed by atoms with E-state index in [1.165, 1.54) is 0 Å². The van der Waals surface area contributed by atoms with E-state index in [0.717, 1.165) is 43.2 Å². The van der Waals surface area contributed by atoms with Gasteiger partial charge in [-0.05, 0) is 33.6 Å². The summed E-state index contributed by atoms with van der Waals surface area (Å²) in [7, 11) is 0. The quantitative estimate of drug-likeness (QED) is 0.600. The van der Waals surface area contributed by atoms with Crippen molar-refractivity contribution in [3.05, 3.63) is 34.3 Å². The lowest BCUT2D eigenvalue weighted by molar-refractivity contribution is -0.123. The van der Waals surface area contributed by atoms with Gasteiger partial charge in [0.1, 0.15) is 6.54 Å². The molecule has 0 spiro atoms. The first-order chi connectivity index (χ1) is 11.9. The molecule has 2 aliphatic heterocycles. The van der Waals surface area contributed by atoms with Crippen LogP contribution in [0.1, 0.15) is 25.8 Å². The van der Waals surface area contributed by atoms with Gasteiger partial charge in [0.05, 0.1) is 16.9 Å². The number of anilines is 2. The van der Waals surface area contributed by atoms with Crippen molar-refractivity contribution in [2.24, 2.45) is 0 Å².